The maximum atomic E-state index is 14.1. The number of rotatable bonds is 8. The Morgan fingerprint density at radius 1 is 1.23 bits per heavy atom. The van der Waals surface area contributed by atoms with Gasteiger partial charge in [0.15, 0.2) is 0 Å². The van der Waals surface area contributed by atoms with Gasteiger partial charge in [-0.25, -0.2) is 14.2 Å². The van der Waals surface area contributed by atoms with Crippen LogP contribution in [0.3, 0.4) is 0 Å². The number of aryl methyl sites for hydroxylation is 1. The molecule has 0 unspecified atom stereocenters. The number of hydrogen-bond donors (Lipinski definition) is 1. The van der Waals surface area contributed by atoms with Gasteiger partial charge in [-0.15, -0.1) is 0 Å². The van der Waals surface area contributed by atoms with Crippen LogP contribution in [0.1, 0.15) is 26.4 Å². The number of benzene rings is 1. The van der Waals surface area contributed by atoms with Crippen molar-refractivity contribution in [3.63, 3.8) is 0 Å². The number of nitrogens with zero attached hydrogens (tertiary/aromatic N) is 5. The lowest BCUT2D eigenvalue weighted by Crippen LogP contribution is -2.49. The molecule has 4 aromatic rings. The first-order valence-corrected chi connectivity index (χ1v) is 12.4. The summed E-state index contributed by atoms with van der Waals surface area (Å²) < 4.78 is 27.9. The highest BCUT2D eigenvalue weighted by Crippen LogP contribution is 2.34. The minimum Gasteiger partial charge on any atom is -0.465 e. The molecule has 0 radical (unpaired) electrons. The number of carbonyl (C=O) groups excluding carboxylic acids is 2. The molecule has 3 aromatic heterocycles. The normalized spacial score (nSPS) is 14.8. The monoisotopic (exact) mass is 552 g/mol. The predicted octanol–water partition coefficient (Wildman–Crippen LogP) is 4.28. The fourth-order valence-electron chi connectivity index (χ4n) is 4.70. The smallest absolute Gasteiger partial charge is 0.338 e. The van der Waals surface area contributed by atoms with Gasteiger partial charge >= 0.3 is 5.97 Å². The molecule has 0 aliphatic carbocycles. The topological polar surface area (TPSA) is 104 Å². The average molecular weight is 553 g/mol. The van der Waals surface area contributed by atoms with Crippen molar-refractivity contribution in [3.05, 3.63) is 82.6 Å². The number of aromatic nitrogens is 4. The van der Waals surface area contributed by atoms with E-state index in [0.29, 0.717) is 34.2 Å². The zero-order chi connectivity index (χ0) is 27.7. The first-order valence-electron chi connectivity index (χ1n) is 12.1. The van der Waals surface area contributed by atoms with Gasteiger partial charge in [0.1, 0.15) is 23.1 Å². The van der Waals surface area contributed by atoms with E-state index in [1.165, 1.54) is 25.3 Å². The lowest BCUT2D eigenvalue weighted by Gasteiger charge is -2.36. The number of pyridine rings is 1. The Labute approximate surface area is 228 Å². The van der Waals surface area contributed by atoms with Gasteiger partial charge in [-0.05, 0) is 35.9 Å². The van der Waals surface area contributed by atoms with E-state index in [1.807, 2.05) is 23.9 Å². The molecule has 0 bridgehead atoms. The van der Waals surface area contributed by atoms with E-state index in [2.05, 4.69) is 15.4 Å². The first kappa shape index (κ1) is 26.4. The van der Waals surface area contributed by atoms with Gasteiger partial charge < -0.3 is 24.3 Å². The lowest BCUT2D eigenvalue weighted by molar-refractivity contribution is 0.0383. The van der Waals surface area contributed by atoms with Crippen molar-refractivity contribution in [2.24, 2.45) is 7.05 Å². The number of ether oxygens (including phenoxy) is 2. The largest absolute Gasteiger partial charge is 0.465 e. The van der Waals surface area contributed by atoms with Crippen LogP contribution in [0.25, 0.3) is 11.1 Å². The number of fused-ring (bicyclic) bond motifs is 1. The van der Waals surface area contributed by atoms with Gasteiger partial charge in [0.05, 0.1) is 36.5 Å². The van der Waals surface area contributed by atoms with Crippen LogP contribution in [0.4, 0.5) is 16.0 Å². The summed E-state index contributed by atoms with van der Waals surface area (Å²) in [4.78, 5) is 32.0. The highest BCUT2D eigenvalue weighted by atomic mass is 35.5. The highest BCUT2D eigenvalue weighted by Gasteiger charge is 2.34. The quantitative estimate of drug-likeness (QED) is 0.325. The lowest BCUT2D eigenvalue weighted by atomic mass is 10.0. The SMILES string of the molecule is COC[C@H]1Cn2cc(-c3cc(Nc4ccnn4C)ncc3Cl)cc2C(=O)N1Cc1cc(F)ccc1C(=O)OC. The number of halogens is 2. The van der Waals surface area contributed by atoms with Crippen molar-refractivity contribution < 1.29 is 23.5 Å². The summed E-state index contributed by atoms with van der Waals surface area (Å²) in [7, 11) is 4.62. The van der Waals surface area contributed by atoms with E-state index in [4.69, 9.17) is 21.1 Å². The van der Waals surface area contributed by atoms with Crippen molar-refractivity contribution in [3.8, 4) is 11.1 Å². The third-order valence-corrected chi connectivity index (χ3v) is 6.94. The Kier molecular flexibility index (Phi) is 7.36. The molecule has 39 heavy (non-hydrogen) atoms. The second-order valence-corrected chi connectivity index (χ2v) is 9.52. The second kappa shape index (κ2) is 10.9. The number of hydrogen-bond acceptors (Lipinski definition) is 7. The zero-order valence-electron chi connectivity index (χ0n) is 21.5. The third-order valence-electron chi connectivity index (χ3n) is 6.64. The summed E-state index contributed by atoms with van der Waals surface area (Å²) in [6, 6.07) is 8.82. The number of carbonyl (C=O) groups is 2. The summed E-state index contributed by atoms with van der Waals surface area (Å²) in [6.07, 6.45) is 5.09. The van der Waals surface area contributed by atoms with Gasteiger partial charge in [0.25, 0.3) is 5.91 Å². The fraction of sp³-hybridized carbons (Fsp3) is 0.259. The molecule has 1 N–H and O–H groups in total. The Balaban J connectivity index is 1.48. The van der Waals surface area contributed by atoms with Crippen LogP contribution in [0.15, 0.2) is 55.0 Å². The van der Waals surface area contributed by atoms with Gasteiger partial charge in [-0.2, -0.15) is 5.10 Å². The zero-order valence-corrected chi connectivity index (χ0v) is 22.3. The van der Waals surface area contributed by atoms with Gasteiger partial charge in [-0.3, -0.25) is 9.48 Å². The molecule has 0 spiro atoms. The summed E-state index contributed by atoms with van der Waals surface area (Å²) >= 11 is 6.52. The average Bonchev–Trinajstić information content (AvgIpc) is 3.53. The van der Waals surface area contributed by atoms with Crippen LogP contribution in [0, 0.1) is 5.82 Å². The summed E-state index contributed by atoms with van der Waals surface area (Å²) in [6.45, 7) is 0.682. The van der Waals surface area contributed by atoms with Crippen LogP contribution in [0.5, 0.6) is 0 Å². The maximum Gasteiger partial charge on any atom is 0.338 e. The predicted molar refractivity (Wildman–Crippen MR) is 142 cm³/mol. The number of anilines is 2. The van der Waals surface area contributed by atoms with E-state index in [-0.39, 0.29) is 30.7 Å². The molecule has 1 aromatic carbocycles. The van der Waals surface area contributed by atoms with Crippen molar-refractivity contribution in [1.29, 1.82) is 0 Å². The minimum atomic E-state index is -0.605. The first-order chi connectivity index (χ1) is 18.8. The Morgan fingerprint density at radius 3 is 2.77 bits per heavy atom. The number of amides is 1. The molecule has 0 saturated heterocycles. The molecule has 202 valence electrons. The van der Waals surface area contributed by atoms with E-state index in [0.717, 1.165) is 11.4 Å². The molecule has 1 atom stereocenters. The number of nitrogens with one attached hydrogen (secondary N) is 1. The second-order valence-electron chi connectivity index (χ2n) is 9.12. The van der Waals surface area contributed by atoms with E-state index >= 15 is 0 Å². The summed E-state index contributed by atoms with van der Waals surface area (Å²) in [5.41, 5.74) is 2.40. The summed E-state index contributed by atoms with van der Waals surface area (Å²) in [5.74, 6) is -0.0871. The third kappa shape index (κ3) is 5.23. The van der Waals surface area contributed by atoms with Crippen LogP contribution >= 0.6 is 11.6 Å². The van der Waals surface area contributed by atoms with E-state index in [9.17, 15) is 14.0 Å². The van der Waals surface area contributed by atoms with Crippen molar-refractivity contribution in [1.82, 2.24) is 24.2 Å². The molecule has 0 saturated carbocycles. The number of esters is 1. The van der Waals surface area contributed by atoms with Gasteiger partial charge in [0.2, 0.25) is 0 Å². The molecule has 5 rings (SSSR count). The fourth-order valence-corrected chi connectivity index (χ4v) is 4.92. The number of methoxy groups -OCH3 is 2. The van der Waals surface area contributed by atoms with E-state index < -0.39 is 11.8 Å². The molecule has 0 fully saturated rings. The van der Waals surface area contributed by atoms with E-state index in [1.54, 1.807) is 41.2 Å². The summed E-state index contributed by atoms with van der Waals surface area (Å²) in [5, 5.41) is 7.78. The standard InChI is InChI=1S/C27H26ClFN6O4/c1-33-25(6-7-31-33)32-24-10-21(22(28)11-30-24)17-9-23-26(36)35(19(15-38-2)14-34(23)12-17)13-16-8-18(29)4-5-20(16)27(37)39-3/h4-12,19H,13-15H2,1-3H3,(H,30,32)/t19-/m1/s1. The van der Waals surface area contributed by atoms with Crippen molar-refractivity contribution in [2.45, 2.75) is 19.1 Å². The Bertz CT molecular complexity index is 1550. The molecule has 1 aliphatic heterocycles. The Morgan fingerprint density at radius 2 is 2.05 bits per heavy atom. The molecule has 10 nitrogen and oxygen atoms in total. The maximum absolute atomic E-state index is 14.1. The molecular formula is C27H26ClFN6O4. The molecular weight excluding hydrogens is 527 g/mol. The van der Waals surface area contributed by atoms with Gasteiger partial charge in [0, 0.05) is 56.8 Å². The van der Waals surface area contributed by atoms with Crippen molar-refractivity contribution >= 4 is 35.1 Å². The molecule has 1 amide bonds. The molecule has 4 heterocycles. The highest BCUT2D eigenvalue weighted by molar-refractivity contribution is 6.33. The van der Waals surface area contributed by atoms with Crippen LogP contribution in [-0.4, -0.2) is 63.0 Å². The van der Waals surface area contributed by atoms with Crippen LogP contribution < -0.4 is 5.32 Å². The van der Waals surface area contributed by atoms with Crippen LogP contribution in [0.2, 0.25) is 5.02 Å². The molecule has 1 aliphatic rings. The van der Waals surface area contributed by atoms with Crippen LogP contribution in [-0.2, 0) is 29.6 Å². The molecule has 12 heteroatoms. The Hall–Kier alpha value is -4.22. The minimum absolute atomic E-state index is 0.00431. The van der Waals surface area contributed by atoms with Gasteiger partial charge in [-0.1, -0.05) is 11.6 Å². The van der Waals surface area contributed by atoms with Crippen molar-refractivity contribution in [2.75, 3.05) is 26.1 Å².